The summed E-state index contributed by atoms with van der Waals surface area (Å²) in [4.78, 5) is 35.5. The zero-order valence-corrected chi connectivity index (χ0v) is 21.1. The molecule has 5 N–H and O–H groups in total. The number of nitrogens with zero attached hydrogens (tertiary/aromatic N) is 2. The summed E-state index contributed by atoms with van der Waals surface area (Å²) in [6.45, 7) is 4.30. The van der Waals surface area contributed by atoms with Crippen molar-refractivity contribution in [1.29, 1.82) is 0 Å². The number of benzene rings is 3. The number of carbonyl (C=O) groups is 2. The van der Waals surface area contributed by atoms with Crippen LogP contribution in [0.1, 0.15) is 50.0 Å². The van der Waals surface area contributed by atoms with Crippen molar-refractivity contribution in [2.45, 2.75) is 45.3 Å². The zero-order chi connectivity index (χ0) is 26.1. The van der Waals surface area contributed by atoms with Crippen molar-refractivity contribution in [2.24, 2.45) is 11.5 Å². The maximum absolute atomic E-state index is 13.9. The minimum atomic E-state index is -0.742. The van der Waals surface area contributed by atoms with Gasteiger partial charge in [-0.15, -0.1) is 0 Å². The molecule has 2 heterocycles. The number of aromatic nitrogens is 2. The molecule has 2 atom stereocenters. The first-order valence-electron chi connectivity index (χ1n) is 12.4. The number of imidazole rings is 1. The molecule has 0 saturated heterocycles. The number of hydrogen-bond acceptors (Lipinski definition) is 4. The standard InChI is InChI=1S/C30H31N5O2/c1-18-12-23(28(32)36)13-19(2)24(18)15-25(31)30(37)35-17-22-11-7-6-10-21(22)14-27(35)29-33-16-26(34-29)20-8-4-3-5-9-20/h3-13,16,25,27H,14-15,17,31H2,1-2H3,(H2,32,36)(H,33,34)/t25-,27+/m0/s1. The van der Waals surface area contributed by atoms with Crippen molar-refractivity contribution >= 4 is 11.8 Å². The molecule has 0 aliphatic carbocycles. The van der Waals surface area contributed by atoms with Crippen molar-refractivity contribution in [2.75, 3.05) is 0 Å². The first-order valence-corrected chi connectivity index (χ1v) is 12.4. The number of carbonyl (C=O) groups excluding carboxylic acids is 2. The van der Waals surface area contributed by atoms with E-state index in [1.54, 1.807) is 12.1 Å². The van der Waals surface area contributed by atoms with E-state index in [1.807, 2.05) is 67.4 Å². The van der Waals surface area contributed by atoms with Crippen molar-refractivity contribution in [3.8, 4) is 11.3 Å². The van der Waals surface area contributed by atoms with Gasteiger partial charge < -0.3 is 21.4 Å². The van der Waals surface area contributed by atoms with Crippen LogP contribution < -0.4 is 11.5 Å². The third kappa shape index (κ3) is 4.90. The number of nitrogens with one attached hydrogen (secondary N) is 1. The number of aryl methyl sites for hydroxylation is 2. The number of fused-ring (bicyclic) bond motifs is 1. The predicted molar refractivity (Wildman–Crippen MR) is 144 cm³/mol. The molecule has 1 aliphatic rings. The number of aromatic amines is 1. The lowest BCUT2D eigenvalue weighted by atomic mass is 9.91. The lowest BCUT2D eigenvalue weighted by Gasteiger charge is -2.37. The highest BCUT2D eigenvalue weighted by Crippen LogP contribution is 2.34. The van der Waals surface area contributed by atoms with Crippen LogP contribution in [-0.4, -0.2) is 32.7 Å². The van der Waals surface area contributed by atoms with Crippen LogP contribution in [0.2, 0.25) is 0 Å². The fourth-order valence-corrected chi connectivity index (χ4v) is 5.25. The topological polar surface area (TPSA) is 118 Å². The molecule has 1 aliphatic heterocycles. The fourth-order valence-electron chi connectivity index (χ4n) is 5.25. The average Bonchev–Trinajstić information content (AvgIpc) is 3.40. The number of hydrogen-bond donors (Lipinski definition) is 3. The Hall–Kier alpha value is -4.23. The van der Waals surface area contributed by atoms with Gasteiger partial charge in [-0.3, -0.25) is 9.59 Å². The average molecular weight is 494 g/mol. The van der Waals surface area contributed by atoms with Crippen LogP contribution in [0.3, 0.4) is 0 Å². The maximum Gasteiger partial charge on any atom is 0.248 e. The minimum absolute atomic E-state index is 0.130. The summed E-state index contributed by atoms with van der Waals surface area (Å²) in [7, 11) is 0. The van der Waals surface area contributed by atoms with E-state index in [0.29, 0.717) is 24.9 Å². The van der Waals surface area contributed by atoms with Crippen LogP contribution in [0.25, 0.3) is 11.3 Å². The SMILES string of the molecule is Cc1cc(C(N)=O)cc(C)c1C[C@H](N)C(=O)N1Cc2ccccc2C[C@@H]1c1ncc(-c2ccccc2)[nH]1. The Labute approximate surface area is 216 Å². The van der Waals surface area contributed by atoms with E-state index in [9.17, 15) is 9.59 Å². The van der Waals surface area contributed by atoms with Crippen LogP contribution in [0.4, 0.5) is 0 Å². The summed E-state index contributed by atoms with van der Waals surface area (Å²) in [6.07, 6.45) is 2.84. The largest absolute Gasteiger partial charge is 0.366 e. The van der Waals surface area contributed by atoms with E-state index < -0.39 is 11.9 Å². The van der Waals surface area contributed by atoms with Gasteiger partial charge in [0.15, 0.2) is 0 Å². The highest BCUT2D eigenvalue weighted by Gasteiger charge is 2.35. The monoisotopic (exact) mass is 493 g/mol. The second-order valence-electron chi connectivity index (χ2n) is 9.77. The molecular formula is C30H31N5O2. The Bertz CT molecular complexity index is 1440. The van der Waals surface area contributed by atoms with Crippen LogP contribution in [0.15, 0.2) is 72.9 Å². The zero-order valence-electron chi connectivity index (χ0n) is 21.1. The second kappa shape index (κ2) is 10.0. The molecule has 1 aromatic heterocycles. The van der Waals surface area contributed by atoms with Crippen molar-refractivity contribution < 1.29 is 9.59 Å². The van der Waals surface area contributed by atoms with Gasteiger partial charge in [0.2, 0.25) is 11.8 Å². The molecule has 7 nitrogen and oxygen atoms in total. The molecule has 0 unspecified atom stereocenters. The van der Waals surface area contributed by atoms with E-state index in [1.165, 1.54) is 5.56 Å². The summed E-state index contributed by atoms with van der Waals surface area (Å²) in [5, 5.41) is 0. The third-order valence-electron chi connectivity index (χ3n) is 7.25. The first kappa shape index (κ1) is 24.5. The molecule has 2 amide bonds. The van der Waals surface area contributed by atoms with E-state index in [-0.39, 0.29) is 11.9 Å². The maximum atomic E-state index is 13.9. The minimum Gasteiger partial charge on any atom is -0.366 e. The van der Waals surface area contributed by atoms with Gasteiger partial charge in [-0.2, -0.15) is 0 Å². The van der Waals surface area contributed by atoms with Crippen LogP contribution in [-0.2, 0) is 24.2 Å². The van der Waals surface area contributed by atoms with Gasteiger partial charge in [0.05, 0.1) is 24.0 Å². The number of rotatable bonds is 6. The predicted octanol–water partition coefficient (Wildman–Crippen LogP) is 3.99. The van der Waals surface area contributed by atoms with Gasteiger partial charge in [0, 0.05) is 18.5 Å². The Morgan fingerprint density at radius 2 is 1.68 bits per heavy atom. The molecule has 4 aromatic rings. The van der Waals surface area contributed by atoms with Crippen LogP contribution in [0.5, 0.6) is 0 Å². The highest BCUT2D eigenvalue weighted by atomic mass is 16.2. The smallest absolute Gasteiger partial charge is 0.248 e. The quantitative estimate of drug-likeness (QED) is 0.376. The Balaban J connectivity index is 1.44. The van der Waals surface area contributed by atoms with E-state index >= 15 is 0 Å². The molecule has 0 spiro atoms. The molecule has 3 aromatic carbocycles. The lowest BCUT2D eigenvalue weighted by Crippen LogP contribution is -2.48. The van der Waals surface area contributed by atoms with E-state index in [4.69, 9.17) is 11.5 Å². The molecule has 37 heavy (non-hydrogen) atoms. The van der Waals surface area contributed by atoms with Crippen molar-refractivity contribution in [1.82, 2.24) is 14.9 Å². The Kier molecular flexibility index (Phi) is 6.63. The van der Waals surface area contributed by atoms with Crippen LogP contribution in [0, 0.1) is 13.8 Å². The first-order chi connectivity index (χ1) is 17.8. The van der Waals surface area contributed by atoms with Gasteiger partial charge in [-0.1, -0.05) is 54.6 Å². The number of H-pyrrole nitrogens is 1. The Morgan fingerprint density at radius 3 is 2.35 bits per heavy atom. The summed E-state index contributed by atoms with van der Waals surface area (Å²) in [5.74, 6) is 0.142. The summed E-state index contributed by atoms with van der Waals surface area (Å²) >= 11 is 0. The second-order valence-corrected chi connectivity index (χ2v) is 9.77. The highest BCUT2D eigenvalue weighted by molar-refractivity contribution is 5.93. The Morgan fingerprint density at radius 1 is 1.03 bits per heavy atom. The molecule has 0 radical (unpaired) electrons. The summed E-state index contributed by atoms with van der Waals surface area (Å²) < 4.78 is 0. The lowest BCUT2D eigenvalue weighted by molar-refractivity contribution is -0.136. The van der Waals surface area contributed by atoms with Crippen LogP contribution >= 0.6 is 0 Å². The molecular weight excluding hydrogens is 462 g/mol. The van der Waals surface area contributed by atoms with Gasteiger partial charge in [-0.05, 0) is 65.8 Å². The fraction of sp³-hybridized carbons (Fsp3) is 0.233. The van der Waals surface area contributed by atoms with Gasteiger partial charge in [-0.25, -0.2) is 4.98 Å². The molecule has 188 valence electrons. The van der Waals surface area contributed by atoms with E-state index in [0.717, 1.165) is 39.3 Å². The summed E-state index contributed by atoms with van der Waals surface area (Å²) in [6, 6.07) is 20.7. The van der Waals surface area contributed by atoms with Gasteiger partial charge in [0.25, 0.3) is 0 Å². The normalized spacial score (nSPS) is 15.8. The van der Waals surface area contributed by atoms with Gasteiger partial charge in [0.1, 0.15) is 5.82 Å². The number of primary amides is 1. The molecule has 7 heteroatoms. The number of amides is 2. The van der Waals surface area contributed by atoms with Crippen molar-refractivity contribution in [3.05, 3.63) is 112 Å². The number of nitrogens with two attached hydrogens (primary N) is 2. The van der Waals surface area contributed by atoms with Crippen molar-refractivity contribution in [3.63, 3.8) is 0 Å². The van der Waals surface area contributed by atoms with E-state index in [2.05, 4.69) is 22.1 Å². The molecule has 5 rings (SSSR count). The molecule has 0 saturated carbocycles. The molecule has 0 fully saturated rings. The third-order valence-corrected chi connectivity index (χ3v) is 7.25. The molecule has 0 bridgehead atoms. The van der Waals surface area contributed by atoms with Gasteiger partial charge >= 0.3 is 0 Å². The summed E-state index contributed by atoms with van der Waals surface area (Å²) in [5.41, 5.74) is 19.5.